The molecule has 1 aromatic heterocycles. The van der Waals surface area contributed by atoms with Crippen molar-refractivity contribution in [3.8, 4) is 0 Å². The summed E-state index contributed by atoms with van der Waals surface area (Å²) in [6, 6.07) is 3.96. The molecule has 1 N–H and O–H groups in total. The highest BCUT2D eigenvalue weighted by Crippen LogP contribution is 2.07. The summed E-state index contributed by atoms with van der Waals surface area (Å²) in [5.74, 6) is 0. The van der Waals surface area contributed by atoms with Crippen LogP contribution in [-0.4, -0.2) is 18.1 Å². The van der Waals surface area contributed by atoms with Crippen molar-refractivity contribution in [1.82, 2.24) is 10.3 Å². The Morgan fingerprint density at radius 1 is 1.54 bits per heavy atom. The van der Waals surface area contributed by atoms with Crippen LogP contribution in [0.1, 0.15) is 12.6 Å². The zero-order chi connectivity index (χ0) is 9.52. The molecular formula is C10H13BrN2. The number of nitrogens with one attached hydrogen (secondary N) is 1. The van der Waals surface area contributed by atoms with E-state index >= 15 is 0 Å². The van der Waals surface area contributed by atoms with Crippen LogP contribution < -0.4 is 5.32 Å². The molecule has 1 aromatic rings. The number of likely N-dealkylation sites (N-methyl/N-ethyl adjacent to an activating group) is 1. The van der Waals surface area contributed by atoms with E-state index in [0.717, 1.165) is 23.3 Å². The molecular weight excluding hydrogens is 228 g/mol. The van der Waals surface area contributed by atoms with Crippen molar-refractivity contribution in [3.05, 3.63) is 34.6 Å². The van der Waals surface area contributed by atoms with Crippen LogP contribution in [0, 0.1) is 0 Å². The van der Waals surface area contributed by atoms with Gasteiger partial charge in [-0.05, 0) is 40.7 Å². The van der Waals surface area contributed by atoms with Gasteiger partial charge in [0.1, 0.15) is 0 Å². The number of hydrogen-bond donors (Lipinski definition) is 1. The van der Waals surface area contributed by atoms with E-state index in [2.05, 4.69) is 39.2 Å². The van der Waals surface area contributed by atoms with Crippen LogP contribution in [-0.2, 0) is 0 Å². The second-order valence-electron chi connectivity index (χ2n) is 2.61. The van der Waals surface area contributed by atoms with E-state index in [-0.39, 0.29) is 0 Å². The third-order valence-electron chi connectivity index (χ3n) is 1.55. The Labute approximate surface area is 87.2 Å². The van der Waals surface area contributed by atoms with Crippen molar-refractivity contribution >= 4 is 22.0 Å². The molecule has 0 atom stereocenters. The Hall–Kier alpha value is -0.670. The summed E-state index contributed by atoms with van der Waals surface area (Å²) in [6.07, 6.45) is 5.88. The molecule has 0 aliphatic carbocycles. The van der Waals surface area contributed by atoms with Gasteiger partial charge in [0, 0.05) is 17.2 Å². The highest BCUT2D eigenvalue weighted by Gasteiger charge is 1.87. The van der Waals surface area contributed by atoms with E-state index in [9.17, 15) is 0 Å². The minimum absolute atomic E-state index is 0.897. The van der Waals surface area contributed by atoms with E-state index < -0.39 is 0 Å². The van der Waals surface area contributed by atoms with Crippen molar-refractivity contribution in [2.75, 3.05) is 13.1 Å². The molecule has 0 fully saturated rings. The van der Waals surface area contributed by atoms with Crippen molar-refractivity contribution in [3.63, 3.8) is 0 Å². The predicted octanol–water partition coefficient (Wildman–Crippen LogP) is 2.47. The zero-order valence-electron chi connectivity index (χ0n) is 7.63. The SMILES string of the molecule is CCNC/C=C/c1ccc(Br)cn1. The van der Waals surface area contributed by atoms with Crippen LogP contribution in [0.2, 0.25) is 0 Å². The molecule has 0 unspecified atom stereocenters. The smallest absolute Gasteiger partial charge is 0.0627 e. The van der Waals surface area contributed by atoms with Gasteiger partial charge in [0.25, 0.3) is 0 Å². The molecule has 70 valence electrons. The fourth-order valence-electron chi connectivity index (χ4n) is 0.893. The van der Waals surface area contributed by atoms with Gasteiger partial charge in [-0.15, -0.1) is 0 Å². The lowest BCUT2D eigenvalue weighted by Gasteiger charge is -1.94. The molecule has 0 radical (unpaired) electrons. The lowest BCUT2D eigenvalue weighted by atomic mass is 10.3. The standard InChI is InChI=1S/C10H13BrN2/c1-2-12-7-3-4-10-6-5-9(11)8-13-10/h3-6,8,12H,2,7H2,1H3/b4-3+. The first-order chi connectivity index (χ1) is 6.33. The van der Waals surface area contributed by atoms with Gasteiger partial charge >= 0.3 is 0 Å². The van der Waals surface area contributed by atoms with E-state index in [1.54, 1.807) is 6.20 Å². The first-order valence-corrected chi connectivity index (χ1v) is 5.11. The molecule has 0 saturated carbocycles. The summed E-state index contributed by atoms with van der Waals surface area (Å²) in [6.45, 7) is 3.98. The van der Waals surface area contributed by atoms with Gasteiger partial charge in [-0.3, -0.25) is 4.98 Å². The quantitative estimate of drug-likeness (QED) is 0.819. The van der Waals surface area contributed by atoms with E-state index in [1.165, 1.54) is 0 Å². The Bertz CT molecular complexity index is 267. The third kappa shape index (κ3) is 4.20. The number of halogens is 1. The fraction of sp³-hybridized carbons (Fsp3) is 0.300. The average molecular weight is 241 g/mol. The number of pyridine rings is 1. The van der Waals surface area contributed by atoms with Crippen LogP contribution in [0.25, 0.3) is 6.08 Å². The van der Waals surface area contributed by atoms with Crippen molar-refractivity contribution in [1.29, 1.82) is 0 Å². The number of hydrogen-bond acceptors (Lipinski definition) is 2. The Morgan fingerprint density at radius 2 is 2.38 bits per heavy atom. The van der Waals surface area contributed by atoms with E-state index in [0.29, 0.717) is 0 Å². The molecule has 1 heterocycles. The average Bonchev–Trinajstić information content (AvgIpc) is 2.15. The van der Waals surface area contributed by atoms with Crippen LogP contribution >= 0.6 is 15.9 Å². The summed E-state index contributed by atoms with van der Waals surface area (Å²) in [5, 5.41) is 3.21. The molecule has 1 rings (SSSR count). The Kier molecular flexibility index (Phi) is 4.72. The second-order valence-corrected chi connectivity index (χ2v) is 3.53. The first kappa shape index (κ1) is 10.4. The second kappa shape index (κ2) is 5.89. The summed E-state index contributed by atoms with van der Waals surface area (Å²) in [7, 11) is 0. The summed E-state index contributed by atoms with van der Waals surface area (Å²) < 4.78 is 1.01. The molecule has 0 aliphatic rings. The predicted molar refractivity (Wildman–Crippen MR) is 59.5 cm³/mol. The number of rotatable bonds is 4. The normalized spacial score (nSPS) is 10.9. The van der Waals surface area contributed by atoms with Crippen molar-refractivity contribution in [2.24, 2.45) is 0 Å². The molecule has 0 bridgehead atoms. The van der Waals surface area contributed by atoms with Gasteiger partial charge in [0.05, 0.1) is 5.69 Å². The number of nitrogens with zero attached hydrogens (tertiary/aromatic N) is 1. The lowest BCUT2D eigenvalue weighted by molar-refractivity contribution is 0.801. The van der Waals surface area contributed by atoms with Gasteiger partial charge in [-0.2, -0.15) is 0 Å². The summed E-state index contributed by atoms with van der Waals surface area (Å²) in [4.78, 5) is 4.21. The largest absolute Gasteiger partial charge is 0.314 e. The lowest BCUT2D eigenvalue weighted by Crippen LogP contribution is -2.11. The van der Waals surface area contributed by atoms with E-state index in [1.807, 2.05) is 18.2 Å². The van der Waals surface area contributed by atoms with Gasteiger partial charge in [-0.25, -0.2) is 0 Å². The maximum absolute atomic E-state index is 4.21. The van der Waals surface area contributed by atoms with Gasteiger partial charge in [-0.1, -0.05) is 13.0 Å². The topological polar surface area (TPSA) is 24.9 Å². The molecule has 0 saturated heterocycles. The Morgan fingerprint density at radius 3 is 3.00 bits per heavy atom. The van der Waals surface area contributed by atoms with Crippen LogP contribution in [0.3, 0.4) is 0 Å². The van der Waals surface area contributed by atoms with Crippen LogP contribution in [0.5, 0.6) is 0 Å². The minimum atomic E-state index is 0.897. The summed E-state index contributed by atoms with van der Waals surface area (Å²) in [5.41, 5.74) is 0.987. The van der Waals surface area contributed by atoms with Crippen molar-refractivity contribution in [2.45, 2.75) is 6.92 Å². The van der Waals surface area contributed by atoms with Crippen molar-refractivity contribution < 1.29 is 0 Å². The van der Waals surface area contributed by atoms with Gasteiger partial charge < -0.3 is 5.32 Å². The summed E-state index contributed by atoms with van der Waals surface area (Å²) >= 11 is 3.34. The fourth-order valence-corrected chi connectivity index (χ4v) is 1.13. The number of aromatic nitrogens is 1. The monoisotopic (exact) mass is 240 g/mol. The molecule has 13 heavy (non-hydrogen) atoms. The molecule has 0 amide bonds. The maximum Gasteiger partial charge on any atom is 0.0627 e. The molecule has 2 nitrogen and oxygen atoms in total. The first-order valence-electron chi connectivity index (χ1n) is 4.31. The minimum Gasteiger partial charge on any atom is -0.314 e. The molecule has 0 aliphatic heterocycles. The van der Waals surface area contributed by atoms with E-state index in [4.69, 9.17) is 0 Å². The van der Waals surface area contributed by atoms with Crippen LogP contribution in [0.15, 0.2) is 28.9 Å². The molecule has 0 spiro atoms. The third-order valence-corrected chi connectivity index (χ3v) is 2.02. The zero-order valence-corrected chi connectivity index (χ0v) is 9.21. The molecule has 3 heteroatoms. The highest BCUT2D eigenvalue weighted by atomic mass is 79.9. The van der Waals surface area contributed by atoms with Crippen LogP contribution in [0.4, 0.5) is 0 Å². The Balaban J connectivity index is 2.44. The van der Waals surface area contributed by atoms with Gasteiger partial charge in [0.2, 0.25) is 0 Å². The van der Waals surface area contributed by atoms with Gasteiger partial charge in [0.15, 0.2) is 0 Å². The highest BCUT2D eigenvalue weighted by molar-refractivity contribution is 9.10. The molecule has 0 aromatic carbocycles. The maximum atomic E-state index is 4.21.